The predicted octanol–water partition coefficient (Wildman–Crippen LogP) is 2.70. The third kappa shape index (κ3) is 3.41. The first-order valence-electron chi connectivity index (χ1n) is 6.80. The SMILES string of the molecule is CC(C)c1ccc(N2CCN(C(=O)CCl)CC2)cc1. The molecule has 4 heteroatoms. The van der Waals surface area contributed by atoms with Crippen LogP contribution in [0.2, 0.25) is 0 Å². The van der Waals surface area contributed by atoms with Gasteiger partial charge in [-0.05, 0) is 23.6 Å². The van der Waals surface area contributed by atoms with Crippen LogP contribution < -0.4 is 4.90 Å². The molecule has 1 aliphatic heterocycles. The molecule has 1 aliphatic rings. The van der Waals surface area contributed by atoms with Crippen molar-refractivity contribution in [3.63, 3.8) is 0 Å². The minimum absolute atomic E-state index is 0.0384. The summed E-state index contributed by atoms with van der Waals surface area (Å²) in [4.78, 5) is 15.7. The normalized spacial score (nSPS) is 16.0. The molecule has 1 saturated heterocycles. The van der Waals surface area contributed by atoms with Crippen molar-refractivity contribution in [2.24, 2.45) is 0 Å². The van der Waals surface area contributed by atoms with Crippen LogP contribution in [0.25, 0.3) is 0 Å². The maximum atomic E-state index is 11.5. The Morgan fingerprint density at radius 3 is 2.21 bits per heavy atom. The van der Waals surface area contributed by atoms with Crippen LogP contribution in [-0.4, -0.2) is 42.9 Å². The second-order valence-electron chi connectivity index (χ2n) is 5.25. The molecule has 3 nitrogen and oxygen atoms in total. The Morgan fingerprint density at radius 1 is 1.16 bits per heavy atom. The zero-order chi connectivity index (χ0) is 13.8. The lowest BCUT2D eigenvalue weighted by Crippen LogP contribution is -2.49. The van der Waals surface area contributed by atoms with Gasteiger partial charge in [0.1, 0.15) is 5.88 Å². The number of rotatable bonds is 3. The number of piperazine rings is 1. The van der Waals surface area contributed by atoms with E-state index in [4.69, 9.17) is 11.6 Å². The average molecular weight is 281 g/mol. The highest BCUT2D eigenvalue weighted by Crippen LogP contribution is 2.21. The van der Waals surface area contributed by atoms with Crippen LogP contribution >= 0.6 is 11.6 Å². The van der Waals surface area contributed by atoms with E-state index in [0.717, 1.165) is 26.2 Å². The van der Waals surface area contributed by atoms with Gasteiger partial charge >= 0.3 is 0 Å². The molecule has 1 aromatic carbocycles. The number of benzene rings is 1. The molecule has 0 aromatic heterocycles. The van der Waals surface area contributed by atoms with Crippen LogP contribution in [0, 0.1) is 0 Å². The summed E-state index contributed by atoms with van der Waals surface area (Å²) in [6.07, 6.45) is 0. The highest BCUT2D eigenvalue weighted by Gasteiger charge is 2.20. The highest BCUT2D eigenvalue weighted by molar-refractivity contribution is 6.27. The van der Waals surface area contributed by atoms with Crippen molar-refractivity contribution in [2.75, 3.05) is 37.0 Å². The molecule has 0 radical (unpaired) electrons. The maximum absolute atomic E-state index is 11.5. The molecule has 0 unspecified atom stereocenters. The standard InChI is InChI=1S/C15H21ClN2O/c1-12(2)13-3-5-14(6-4-13)17-7-9-18(10-8-17)15(19)11-16/h3-6,12H,7-11H2,1-2H3. The molecule has 0 N–H and O–H groups in total. The van der Waals surface area contributed by atoms with Gasteiger partial charge in [-0.1, -0.05) is 26.0 Å². The molecular formula is C15H21ClN2O. The van der Waals surface area contributed by atoms with E-state index in [1.165, 1.54) is 11.3 Å². The number of carbonyl (C=O) groups is 1. The van der Waals surface area contributed by atoms with E-state index >= 15 is 0 Å². The van der Waals surface area contributed by atoms with Gasteiger partial charge in [0, 0.05) is 31.9 Å². The van der Waals surface area contributed by atoms with Crippen molar-refractivity contribution in [1.82, 2.24) is 4.90 Å². The Hall–Kier alpha value is -1.22. The topological polar surface area (TPSA) is 23.6 Å². The van der Waals surface area contributed by atoms with E-state index in [2.05, 4.69) is 43.0 Å². The zero-order valence-electron chi connectivity index (χ0n) is 11.6. The first kappa shape index (κ1) is 14.2. The van der Waals surface area contributed by atoms with Crippen LogP contribution in [0.5, 0.6) is 0 Å². The fourth-order valence-corrected chi connectivity index (χ4v) is 2.54. The molecule has 0 spiro atoms. The Balaban J connectivity index is 1.96. The van der Waals surface area contributed by atoms with Crippen LogP contribution in [0.4, 0.5) is 5.69 Å². The molecule has 0 saturated carbocycles. The molecule has 0 aliphatic carbocycles. The largest absolute Gasteiger partial charge is 0.368 e. The molecule has 1 fully saturated rings. The van der Waals surface area contributed by atoms with Crippen molar-refractivity contribution in [1.29, 1.82) is 0 Å². The van der Waals surface area contributed by atoms with Crippen LogP contribution in [-0.2, 0) is 4.79 Å². The van der Waals surface area contributed by atoms with E-state index in [9.17, 15) is 4.79 Å². The molecular weight excluding hydrogens is 260 g/mol. The van der Waals surface area contributed by atoms with Crippen molar-refractivity contribution in [3.8, 4) is 0 Å². The molecule has 0 bridgehead atoms. The summed E-state index contributed by atoms with van der Waals surface area (Å²) in [5.74, 6) is 0.687. The first-order chi connectivity index (χ1) is 9.11. The van der Waals surface area contributed by atoms with Gasteiger partial charge < -0.3 is 9.80 Å². The number of halogens is 1. The Labute approximate surface area is 120 Å². The van der Waals surface area contributed by atoms with Crippen molar-refractivity contribution in [3.05, 3.63) is 29.8 Å². The molecule has 104 valence electrons. The lowest BCUT2D eigenvalue weighted by Gasteiger charge is -2.36. The summed E-state index contributed by atoms with van der Waals surface area (Å²) in [5.41, 5.74) is 2.60. The third-order valence-electron chi connectivity index (χ3n) is 3.67. The Bertz CT molecular complexity index is 422. The number of hydrogen-bond donors (Lipinski definition) is 0. The van der Waals surface area contributed by atoms with Crippen LogP contribution in [0.1, 0.15) is 25.3 Å². The second-order valence-corrected chi connectivity index (χ2v) is 5.51. The fraction of sp³-hybridized carbons (Fsp3) is 0.533. The predicted molar refractivity (Wildman–Crippen MR) is 80.0 cm³/mol. The van der Waals surface area contributed by atoms with Gasteiger partial charge in [-0.3, -0.25) is 4.79 Å². The van der Waals surface area contributed by atoms with E-state index in [0.29, 0.717) is 5.92 Å². The first-order valence-corrected chi connectivity index (χ1v) is 7.34. The van der Waals surface area contributed by atoms with Gasteiger partial charge in [0.15, 0.2) is 0 Å². The summed E-state index contributed by atoms with van der Waals surface area (Å²) in [6, 6.07) is 8.73. The number of nitrogens with zero attached hydrogens (tertiary/aromatic N) is 2. The summed E-state index contributed by atoms with van der Waals surface area (Å²) >= 11 is 5.58. The van der Waals surface area contributed by atoms with Gasteiger partial charge in [-0.2, -0.15) is 0 Å². The fourth-order valence-electron chi connectivity index (χ4n) is 2.37. The molecule has 1 heterocycles. The smallest absolute Gasteiger partial charge is 0.237 e. The van der Waals surface area contributed by atoms with Gasteiger partial charge in [0.25, 0.3) is 0 Å². The summed E-state index contributed by atoms with van der Waals surface area (Å²) in [6.45, 7) is 7.68. The molecule has 0 atom stereocenters. The number of alkyl halides is 1. The van der Waals surface area contributed by atoms with Gasteiger partial charge in [-0.25, -0.2) is 0 Å². The maximum Gasteiger partial charge on any atom is 0.237 e. The summed E-state index contributed by atoms with van der Waals surface area (Å²) in [7, 11) is 0. The number of carbonyl (C=O) groups excluding carboxylic acids is 1. The molecule has 2 rings (SSSR count). The van der Waals surface area contributed by atoms with Gasteiger partial charge in [0.2, 0.25) is 5.91 Å². The Morgan fingerprint density at radius 2 is 1.74 bits per heavy atom. The van der Waals surface area contributed by atoms with Crippen LogP contribution in [0.15, 0.2) is 24.3 Å². The Kier molecular flexibility index (Phi) is 4.70. The second kappa shape index (κ2) is 6.29. The summed E-state index contributed by atoms with van der Waals surface area (Å²) in [5, 5.41) is 0. The number of amides is 1. The monoisotopic (exact) mass is 280 g/mol. The number of anilines is 1. The van der Waals surface area contributed by atoms with Gasteiger partial charge in [-0.15, -0.1) is 11.6 Å². The molecule has 1 aromatic rings. The van der Waals surface area contributed by atoms with Gasteiger partial charge in [0.05, 0.1) is 0 Å². The minimum atomic E-state index is 0.0384. The molecule has 19 heavy (non-hydrogen) atoms. The van der Waals surface area contributed by atoms with E-state index < -0.39 is 0 Å². The minimum Gasteiger partial charge on any atom is -0.368 e. The van der Waals surface area contributed by atoms with E-state index in [1.807, 2.05) is 4.90 Å². The molecule has 1 amide bonds. The summed E-state index contributed by atoms with van der Waals surface area (Å²) < 4.78 is 0. The lowest BCUT2D eigenvalue weighted by atomic mass is 10.0. The van der Waals surface area contributed by atoms with Crippen molar-refractivity contribution >= 4 is 23.2 Å². The third-order valence-corrected chi connectivity index (χ3v) is 3.90. The van der Waals surface area contributed by atoms with Crippen LogP contribution in [0.3, 0.4) is 0 Å². The quantitative estimate of drug-likeness (QED) is 0.795. The highest BCUT2D eigenvalue weighted by atomic mass is 35.5. The van der Waals surface area contributed by atoms with Crippen molar-refractivity contribution < 1.29 is 4.79 Å². The van der Waals surface area contributed by atoms with E-state index in [-0.39, 0.29) is 11.8 Å². The van der Waals surface area contributed by atoms with E-state index in [1.54, 1.807) is 0 Å². The number of hydrogen-bond acceptors (Lipinski definition) is 2. The average Bonchev–Trinajstić information content (AvgIpc) is 2.46. The lowest BCUT2D eigenvalue weighted by molar-refractivity contribution is -0.128. The zero-order valence-corrected chi connectivity index (χ0v) is 12.4. The van der Waals surface area contributed by atoms with Crippen molar-refractivity contribution in [2.45, 2.75) is 19.8 Å².